The fourth-order valence-corrected chi connectivity index (χ4v) is 3.53. The fraction of sp³-hybridized carbons (Fsp3) is 0.786. The lowest BCUT2D eigenvalue weighted by atomic mass is 9.85. The molecule has 2 aliphatic carbocycles. The highest BCUT2D eigenvalue weighted by Gasteiger charge is 2.46. The maximum absolute atomic E-state index is 11.6. The number of hydrogen-bond donors (Lipinski definition) is 0. The monoisotopic (exact) mass is 206 g/mol. The van der Waals surface area contributed by atoms with E-state index in [0.29, 0.717) is 23.5 Å². The van der Waals surface area contributed by atoms with Crippen molar-refractivity contribution in [1.29, 1.82) is 0 Å². The average molecular weight is 206 g/mol. The number of carbonyl (C=O) groups is 1. The number of carbonyl (C=O) groups excluding carboxylic acids is 1. The summed E-state index contributed by atoms with van der Waals surface area (Å²) >= 11 is 0. The third-order valence-electron chi connectivity index (χ3n) is 4.53. The summed E-state index contributed by atoms with van der Waals surface area (Å²) < 4.78 is 0. The van der Waals surface area contributed by atoms with Crippen LogP contribution in [0.25, 0.3) is 0 Å². The number of allylic oxidation sites excluding steroid dienone is 2. The van der Waals surface area contributed by atoms with Crippen LogP contribution in [-0.2, 0) is 4.79 Å². The molecule has 0 amide bonds. The molecule has 2 aliphatic rings. The van der Waals surface area contributed by atoms with E-state index in [1.165, 1.54) is 12.8 Å². The minimum Gasteiger partial charge on any atom is -0.300 e. The summed E-state index contributed by atoms with van der Waals surface area (Å²) in [5, 5.41) is 0. The van der Waals surface area contributed by atoms with Crippen molar-refractivity contribution in [3.63, 3.8) is 0 Å². The van der Waals surface area contributed by atoms with Crippen molar-refractivity contribution < 1.29 is 4.79 Å². The van der Waals surface area contributed by atoms with Gasteiger partial charge in [0.05, 0.1) is 0 Å². The highest BCUT2D eigenvalue weighted by atomic mass is 16.1. The van der Waals surface area contributed by atoms with E-state index in [1.807, 2.05) is 0 Å². The highest BCUT2D eigenvalue weighted by Crippen LogP contribution is 2.54. The van der Waals surface area contributed by atoms with Crippen LogP contribution in [-0.4, -0.2) is 5.78 Å². The Labute approximate surface area is 92.9 Å². The summed E-state index contributed by atoms with van der Waals surface area (Å²) in [6.45, 7) is 8.58. The van der Waals surface area contributed by atoms with Crippen LogP contribution >= 0.6 is 0 Å². The Balaban J connectivity index is 2.31. The van der Waals surface area contributed by atoms with E-state index in [4.69, 9.17) is 0 Å². The van der Waals surface area contributed by atoms with Crippen LogP contribution in [0.1, 0.15) is 47.0 Å². The maximum atomic E-state index is 11.6. The first kappa shape index (κ1) is 10.9. The lowest BCUT2D eigenvalue weighted by molar-refractivity contribution is -0.122. The van der Waals surface area contributed by atoms with Crippen molar-refractivity contribution in [3.05, 3.63) is 11.1 Å². The Hall–Kier alpha value is -0.590. The molecule has 2 saturated carbocycles. The van der Waals surface area contributed by atoms with Gasteiger partial charge in [0.2, 0.25) is 0 Å². The second-order valence-electron chi connectivity index (χ2n) is 5.63. The van der Waals surface area contributed by atoms with Gasteiger partial charge >= 0.3 is 0 Å². The summed E-state index contributed by atoms with van der Waals surface area (Å²) in [5.41, 5.74) is 3.22. The zero-order valence-corrected chi connectivity index (χ0v) is 10.3. The van der Waals surface area contributed by atoms with Crippen LogP contribution in [0.5, 0.6) is 0 Å². The summed E-state index contributed by atoms with van der Waals surface area (Å²) in [6.07, 6.45) is 3.72. The van der Waals surface area contributed by atoms with Gasteiger partial charge in [-0.1, -0.05) is 25.0 Å². The Morgan fingerprint density at radius 2 is 1.93 bits per heavy atom. The second-order valence-corrected chi connectivity index (χ2v) is 5.63. The number of ketones is 1. The fourth-order valence-electron chi connectivity index (χ4n) is 3.53. The number of rotatable bonds is 2. The molecule has 0 radical (unpaired) electrons. The SMILES string of the molecule is CC(=O)C1CC2CCC1C2=C(C)C(C)C. The third-order valence-corrected chi connectivity index (χ3v) is 4.53. The van der Waals surface area contributed by atoms with Gasteiger partial charge in [0, 0.05) is 5.92 Å². The molecule has 0 aromatic carbocycles. The van der Waals surface area contributed by atoms with Crippen molar-refractivity contribution in [2.45, 2.75) is 47.0 Å². The van der Waals surface area contributed by atoms with Gasteiger partial charge in [0.15, 0.2) is 0 Å². The van der Waals surface area contributed by atoms with Gasteiger partial charge in [-0.3, -0.25) is 4.79 Å². The minimum absolute atomic E-state index is 0.354. The smallest absolute Gasteiger partial charge is 0.133 e. The lowest BCUT2D eigenvalue weighted by Gasteiger charge is -2.18. The van der Waals surface area contributed by atoms with E-state index in [-0.39, 0.29) is 0 Å². The van der Waals surface area contributed by atoms with Crippen molar-refractivity contribution in [3.8, 4) is 0 Å². The van der Waals surface area contributed by atoms with Crippen molar-refractivity contribution in [2.75, 3.05) is 0 Å². The molecule has 3 unspecified atom stereocenters. The molecule has 2 bridgehead atoms. The highest BCUT2D eigenvalue weighted by molar-refractivity contribution is 5.80. The topological polar surface area (TPSA) is 17.1 Å². The molecule has 2 rings (SSSR count). The Kier molecular flexibility index (Phi) is 2.74. The zero-order valence-electron chi connectivity index (χ0n) is 10.3. The second kappa shape index (κ2) is 3.77. The zero-order chi connectivity index (χ0) is 11.2. The maximum Gasteiger partial charge on any atom is 0.133 e. The molecule has 0 spiro atoms. The molecular weight excluding hydrogens is 184 g/mol. The summed E-state index contributed by atoms with van der Waals surface area (Å²) in [5.74, 6) is 2.76. The van der Waals surface area contributed by atoms with E-state index in [1.54, 1.807) is 18.1 Å². The molecule has 15 heavy (non-hydrogen) atoms. The Morgan fingerprint density at radius 3 is 2.40 bits per heavy atom. The van der Waals surface area contributed by atoms with E-state index >= 15 is 0 Å². The molecule has 0 N–H and O–H groups in total. The van der Waals surface area contributed by atoms with Crippen molar-refractivity contribution in [1.82, 2.24) is 0 Å². The lowest BCUT2D eigenvalue weighted by Crippen LogP contribution is -2.18. The van der Waals surface area contributed by atoms with Gasteiger partial charge in [-0.25, -0.2) is 0 Å². The quantitative estimate of drug-likeness (QED) is 0.631. The van der Waals surface area contributed by atoms with Gasteiger partial charge in [-0.2, -0.15) is 0 Å². The number of fused-ring (bicyclic) bond motifs is 2. The van der Waals surface area contributed by atoms with E-state index in [0.717, 1.165) is 12.3 Å². The van der Waals surface area contributed by atoms with E-state index < -0.39 is 0 Å². The summed E-state index contributed by atoms with van der Waals surface area (Å²) in [6, 6.07) is 0. The number of Topliss-reactive ketones (excluding diaryl/α,β-unsaturated/α-hetero) is 1. The van der Waals surface area contributed by atoms with Gasteiger partial charge in [-0.05, 0) is 50.9 Å². The van der Waals surface area contributed by atoms with Gasteiger partial charge in [0.25, 0.3) is 0 Å². The number of hydrogen-bond acceptors (Lipinski definition) is 1. The molecule has 0 aromatic heterocycles. The normalized spacial score (nSPS) is 37.5. The molecule has 0 saturated heterocycles. The van der Waals surface area contributed by atoms with Crippen LogP contribution in [0.15, 0.2) is 11.1 Å². The van der Waals surface area contributed by atoms with Gasteiger partial charge in [-0.15, -0.1) is 0 Å². The first-order chi connectivity index (χ1) is 7.02. The molecule has 3 atom stereocenters. The molecule has 0 aromatic rings. The molecule has 1 nitrogen and oxygen atoms in total. The Bertz CT molecular complexity index is 311. The molecule has 0 heterocycles. The van der Waals surface area contributed by atoms with Crippen LogP contribution in [0.3, 0.4) is 0 Å². The minimum atomic E-state index is 0.354. The average Bonchev–Trinajstić information content (AvgIpc) is 2.72. The van der Waals surface area contributed by atoms with Crippen LogP contribution in [0, 0.1) is 23.7 Å². The van der Waals surface area contributed by atoms with Crippen LogP contribution in [0.2, 0.25) is 0 Å². The Morgan fingerprint density at radius 1 is 1.27 bits per heavy atom. The predicted octanol–water partition coefficient (Wildman–Crippen LogP) is 3.59. The third kappa shape index (κ3) is 1.66. The van der Waals surface area contributed by atoms with Gasteiger partial charge < -0.3 is 0 Å². The van der Waals surface area contributed by atoms with Crippen LogP contribution < -0.4 is 0 Å². The molecule has 0 aliphatic heterocycles. The molecular formula is C14H22O. The first-order valence-electron chi connectivity index (χ1n) is 6.23. The van der Waals surface area contributed by atoms with E-state index in [2.05, 4.69) is 20.8 Å². The predicted molar refractivity (Wildman–Crippen MR) is 62.5 cm³/mol. The molecule has 84 valence electrons. The van der Waals surface area contributed by atoms with Crippen molar-refractivity contribution in [2.24, 2.45) is 23.7 Å². The van der Waals surface area contributed by atoms with Gasteiger partial charge in [0.1, 0.15) is 5.78 Å². The molecule has 1 heteroatoms. The summed E-state index contributed by atoms with van der Waals surface area (Å²) in [7, 11) is 0. The van der Waals surface area contributed by atoms with Crippen LogP contribution in [0.4, 0.5) is 0 Å². The molecule has 2 fully saturated rings. The first-order valence-corrected chi connectivity index (χ1v) is 6.23. The summed E-state index contributed by atoms with van der Waals surface area (Å²) in [4.78, 5) is 11.6. The van der Waals surface area contributed by atoms with E-state index in [9.17, 15) is 4.79 Å². The van der Waals surface area contributed by atoms with Crippen molar-refractivity contribution >= 4 is 5.78 Å². The standard InChI is InChI=1S/C14H22O/c1-8(2)9(3)14-11-5-6-12(14)13(7-11)10(4)15/h8,11-13H,5-7H2,1-4H3. The largest absolute Gasteiger partial charge is 0.300 e.